The van der Waals surface area contributed by atoms with E-state index in [1.807, 2.05) is 42.6 Å². The molecule has 0 aliphatic heterocycles. The molecule has 2 aromatic heterocycles. The lowest BCUT2D eigenvalue weighted by Gasteiger charge is -2.23. The second-order valence-corrected chi connectivity index (χ2v) is 7.44. The number of aromatic nitrogens is 3. The van der Waals surface area contributed by atoms with Crippen LogP contribution in [0.25, 0.3) is 16.8 Å². The molecule has 4 aromatic rings. The number of nitrogens with zero attached hydrogens (tertiary/aromatic N) is 3. The number of hydrogen-bond acceptors (Lipinski definition) is 5. The highest BCUT2D eigenvalue weighted by Gasteiger charge is 2.28. The average Bonchev–Trinajstić information content (AvgIpc) is 3.20. The van der Waals surface area contributed by atoms with Crippen LogP contribution >= 0.6 is 0 Å². The van der Waals surface area contributed by atoms with Gasteiger partial charge in [-0.1, -0.05) is 36.4 Å². The Kier molecular flexibility index (Phi) is 4.47. The Bertz CT molecular complexity index is 1250. The molecule has 2 aromatic carbocycles. The van der Waals surface area contributed by atoms with Gasteiger partial charge in [-0.15, -0.1) is 0 Å². The Balaban J connectivity index is 1.59. The molecule has 1 aliphatic carbocycles. The van der Waals surface area contributed by atoms with E-state index in [4.69, 9.17) is 14.5 Å². The zero-order valence-electron chi connectivity index (χ0n) is 16.8. The number of rotatable bonds is 4. The van der Waals surface area contributed by atoms with Crippen molar-refractivity contribution in [3.63, 3.8) is 0 Å². The smallest absolute Gasteiger partial charge is 0.166 e. The van der Waals surface area contributed by atoms with E-state index in [-0.39, 0.29) is 11.7 Å². The molecule has 5 rings (SSSR count). The van der Waals surface area contributed by atoms with Crippen molar-refractivity contribution in [1.82, 2.24) is 14.6 Å². The molecule has 1 atom stereocenters. The summed E-state index contributed by atoms with van der Waals surface area (Å²) in [4.78, 5) is 17.7. The predicted octanol–water partition coefficient (Wildman–Crippen LogP) is 4.33. The van der Waals surface area contributed by atoms with Crippen LogP contribution in [0.3, 0.4) is 0 Å². The molecule has 0 bridgehead atoms. The molecule has 2 heterocycles. The van der Waals surface area contributed by atoms with Crippen LogP contribution in [0.2, 0.25) is 0 Å². The molecule has 1 aliphatic rings. The first-order chi connectivity index (χ1) is 14.7. The van der Waals surface area contributed by atoms with Crippen molar-refractivity contribution in [2.45, 2.75) is 18.8 Å². The molecular formula is C24H21N3O3. The average molecular weight is 399 g/mol. The predicted molar refractivity (Wildman–Crippen MR) is 113 cm³/mol. The first kappa shape index (κ1) is 18.4. The number of carbonyl (C=O) groups is 1. The van der Waals surface area contributed by atoms with Crippen molar-refractivity contribution in [1.29, 1.82) is 0 Å². The second kappa shape index (κ2) is 7.30. The van der Waals surface area contributed by atoms with Gasteiger partial charge in [-0.2, -0.15) is 5.10 Å². The standard InChI is InChI=1S/C24H21N3O3/c1-29-22-9-8-16(12-23(22)30-2)18-13-25-27-14-19-20(26-24(18)27)10-17(11-21(19)28)15-6-4-3-5-7-15/h3-9,12-14,17H,10-11H2,1-2H3. The van der Waals surface area contributed by atoms with Gasteiger partial charge in [0.15, 0.2) is 22.9 Å². The van der Waals surface area contributed by atoms with Crippen molar-refractivity contribution in [2.24, 2.45) is 0 Å². The monoisotopic (exact) mass is 399 g/mol. The number of Topliss-reactive ketones (excluding diaryl/α,β-unsaturated/α-hetero) is 1. The third kappa shape index (κ3) is 3.01. The highest BCUT2D eigenvalue weighted by molar-refractivity contribution is 5.99. The van der Waals surface area contributed by atoms with Crippen molar-refractivity contribution in [3.8, 4) is 22.6 Å². The number of ether oxygens (including phenoxy) is 2. The van der Waals surface area contributed by atoms with E-state index in [1.165, 1.54) is 5.56 Å². The first-order valence-electron chi connectivity index (χ1n) is 9.85. The largest absolute Gasteiger partial charge is 0.493 e. The Hall–Kier alpha value is -3.67. The summed E-state index contributed by atoms with van der Waals surface area (Å²) >= 11 is 0. The Morgan fingerprint density at radius 1 is 0.967 bits per heavy atom. The molecular weight excluding hydrogens is 378 g/mol. The van der Waals surface area contributed by atoms with Crippen molar-refractivity contribution in [3.05, 3.63) is 77.7 Å². The van der Waals surface area contributed by atoms with Gasteiger partial charge < -0.3 is 9.47 Å². The number of methoxy groups -OCH3 is 2. The molecule has 6 nitrogen and oxygen atoms in total. The zero-order valence-corrected chi connectivity index (χ0v) is 16.8. The fourth-order valence-electron chi connectivity index (χ4n) is 4.14. The maximum atomic E-state index is 12.8. The maximum Gasteiger partial charge on any atom is 0.166 e. The molecule has 0 spiro atoms. The van der Waals surface area contributed by atoms with Crippen LogP contribution in [0, 0.1) is 0 Å². The van der Waals surface area contributed by atoms with Crippen LogP contribution in [0.1, 0.15) is 34.0 Å². The normalized spacial score (nSPS) is 15.8. The minimum Gasteiger partial charge on any atom is -0.493 e. The second-order valence-electron chi connectivity index (χ2n) is 7.44. The number of carbonyl (C=O) groups excluding carboxylic acids is 1. The van der Waals surface area contributed by atoms with Crippen molar-refractivity contribution >= 4 is 11.4 Å². The lowest BCUT2D eigenvalue weighted by Crippen LogP contribution is -2.21. The lowest BCUT2D eigenvalue weighted by atomic mass is 9.82. The Morgan fingerprint density at radius 2 is 1.77 bits per heavy atom. The molecule has 0 N–H and O–H groups in total. The number of fused-ring (bicyclic) bond motifs is 2. The van der Waals surface area contributed by atoms with E-state index < -0.39 is 0 Å². The van der Waals surface area contributed by atoms with Crippen LogP contribution in [0.5, 0.6) is 11.5 Å². The van der Waals surface area contributed by atoms with Gasteiger partial charge in [-0.3, -0.25) is 4.79 Å². The quantitative estimate of drug-likeness (QED) is 0.511. The van der Waals surface area contributed by atoms with Gasteiger partial charge in [0, 0.05) is 18.2 Å². The Morgan fingerprint density at radius 3 is 2.53 bits per heavy atom. The van der Waals surface area contributed by atoms with Gasteiger partial charge >= 0.3 is 0 Å². The summed E-state index contributed by atoms with van der Waals surface area (Å²) in [5, 5.41) is 4.44. The summed E-state index contributed by atoms with van der Waals surface area (Å²) in [6.07, 6.45) is 4.81. The highest BCUT2D eigenvalue weighted by Crippen LogP contribution is 2.36. The summed E-state index contributed by atoms with van der Waals surface area (Å²) in [6, 6.07) is 15.9. The molecule has 1 unspecified atom stereocenters. The van der Waals surface area contributed by atoms with Gasteiger partial charge in [0.2, 0.25) is 0 Å². The molecule has 0 amide bonds. The van der Waals surface area contributed by atoms with Crippen molar-refractivity contribution < 1.29 is 14.3 Å². The number of benzene rings is 2. The topological polar surface area (TPSA) is 65.7 Å². The van der Waals surface area contributed by atoms with E-state index in [0.717, 1.165) is 28.9 Å². The fourth-order valence-corrected chi connectivity index (χ4v) is 4.14. The van der Waals surface area contributed by atoms with E-state index in [9.17, 15) is 4.79 Å². The molecule has 6 heteroatoms. The third-order valence-corrected chi connectivity index (χ3v) is 5.71. The Labute approximate surface area is 174 Å². The van der Waals surface area contributed by atoms with Gasteiger partial charge in [-0.05, 0) is 35.6 Å². The fraction of sp³-hybridized carbons (Fsp3) is 0.208. The summed E-state index contributed by atoms with van der Waals surface area (Å²) in [5.74, 6) is 1.57. The first-order valence-corrected chi connectivity index (χ1v) is 9.85. The van der Waals surface area contributed by atoms with Gasteiger partial charge in [0.25, 0.3) is 0 Å². The number of ketones is 1. The molecule has 0 saturated carbocycles. The van der Waals surface area contributed by atoms with Crippen LogP contribution < -0.4 is 9.47 Å². The molecule has 0 fully saturated rings. The molecule has 150 valence electrons. The lowest BCUT2D eigenvalue weighted by molar-refractivity contribution is 0.0962. The van der Waals surface area contributed by atoms with Crippen LogP contribution in [0.15, 0.2) is 60.9 Å². The highest BCUT2D eigenvalue weighted by atomic mass is 16.5. The molecule has 30 heavy (non-hydrogen) atoms. The van der Waals surface area contributed by atoms with Gasteiger partial charge in [0.1, 0.15) is 0 Å². The van der Waals surface area contributed by atoms with Crippen LogP contribution in [-0.4, -0.2) is 34.6 Å². The minimum absolute atomic E-state index is 0.114. The van der Waals surface area contributed by atoms with Crippen molar-refractivity contribution in [2.75, 3.05) is 14.2 Å². The SMILES string of the molecule is COc1ccc(-c2cnn3cc4c(nc23)CC(c2ccccc2)CC4=O)cc1OC. The van der Waals surface area contributed by atoms with Crippen LogP contribution in [-0.2, 0) is 6.42 Å². The minimum atomic E-state index is 0.114. The summed E-state index contributed by atoms with van der Waals surface area (Å²) in [5.41, 5.74) is 5.20. The zero-order chi connectivity index (χ0) is 20.7. The summed E-state index contributed by atoms with van der Waals surface area (Å²) in [6.45, 7) is 0. The van der Waals surface area contributed by atoms with E-state index in [2.05, 4.69) is 17.2 Å². The summed E-state index contributed by atoms with van der Waals surface area (Å²) < 4.78 is 12.5. The third-order valence-electron chi connectivity index (χ3n) is 5.71. The van der Waals surface area contributed by atoms with Crippen LogP contribution in [0.4, 0.5) is 0 Å². The van der Waals surface area contributed by atoms with E-state index in [0.29, 0.717) is 23.5 Å². The molecule has 0 saturated heterocycles. The van der Waals surface area contributed by atoms with Gasteiger partial charge in [-0.25, -0.2) is 9.50 Å². The van der Waals surface area contributed by atoms with Gasteiger partial charge in [0.05, 0.1) is 31.7 Å². The molecule has 0 radical (unpaired) electrons. The maximum absolute atomic E-state index is 12.8. The van der Waals surface area contributed by atoms with E-state index >= 15 is 0 Å². The summed E-state index contributed by atoms with van der Waals surface area (Å²) in [7, 11) is 3.22. The van der Waals surface area contributed by atoms with E-state index in [1.54, 1.807) is 24.9 Å². The number of hydrogen-bond donors (Lipinski definition) is 0.